The monoisotopic (exact) mass is 346 g/mol. The Morgan fingerprint density at radius 2 is 1.62 bits per heavy atom. The number of hydrogen-bond acceptors (Lipinski definition) is 4. The molecule has 4 heteroatoms. The average Bonchev–Trinajstić information content (AvgIpc) is 2.70. The molecule has 2 aromatic carbocycles. The van der Waals surface area contributed by atoms with Crippen molar-refractivity contribution in [3.63, 3.8) is 0 Å². The Morgan fingerprint density at radius 1 is 0.962 bits per heavy atom. The Morgan fingerprint density at radius 3 is 2.23 bits per heavy atom. The van der Waals surface area contributed by atoms with Gasteiger partial charge < -0.3 is 10.1 Å². The highest BCUT2D eigenvalue weighted by molar-refractivity contribution is 5.80. The van der Waals surface area contributed by atoms with Crippen molar-refractivity contribution in [1.29, 1.82) is 0 Å². The molecule has 4 nitrogen and oxygen atoms in total. The van der Waals surface area contributed by atoms with E-state index in [0.29, 0.717) is 6.61 Å². The maximum Gasteiger partial charge on any atom is 0.315 e. The van der Waals surface area contributed by atoms with E-state index in [1.807, 2.05) is 85.8 Å². The molecule has 0 aliphatic carbocycles. The van der Waals surface area contributed by atoms with Crippen LogP contribution >= 0.6 is 0 Å². The molecular formula is C22H22N2O2. The smallest absolute Gasteiger partial charge is 0.315 e. The Labute approximate surface area is 153 Å². The van der Waals surface area contributed by atoms with Gasteiger partial charge in [-0.3, -0.25) is 9.78 Å². The zero-order chi connectivity index (χ0) is 18.2. The average molecular weight is 346 g/mol. The molecule has 0 aliphatic heterocycles. The largest absolute Gasteiger partial charge is 0.465 e. The minimum Gasteiger partial charge on any atom is -0.465 e. The third kappa shape index (κ3) is 4.28. The number of esters is 1. The first-order chi connectivity index (χ1) is 12.8. The molecular weight excluding hydrogens is 324 g/mol. The second-order valence-electron chi connectivity index (χ2n) is 5.88. The van der Waals surface area contributed by atoms with E-state index < -0.39 is 5.92 Å². The van der Waals surface area contributed by atoms with Gasteiger partial charge in [0, 0.05) is 11.9 Å². The number of anilines is 1. The Balaban J connectivity index is 2.04. The number of aromatic nitrogens is 1. The van der Waals surface area contributed by atoms with Crippen molar-refractivity contribution in [2.75, 3.05) is 11.9 Å². The van der Waals surface area contributed by atoms with E-state index in [0.717, 1.165) is 16.9 Å². The van der Waals surface area contributed by atoms with Crippen LogP contribution in [0, 0.1) is 0 Å². The highest BCUT2D eigenvalue weighted by Crippen LogP contribution is 2.34. The topological polar surface area (TPSA) is 51.2 Å². The van der Waals surface area contributed by atoms with Crippen LogP contribution in [0.1, 0.15) is 30.1 Å². The molecule has 1 heterocycles. The molecule has 0 unspecified atom stereocenters. The van der Waals surface area contributed by atoms with Crippen LogP contribution in [0.5, 0.6) is 0 Å². The first kappa shape index (κ1) is 17.7. The molecule has 0 radical (unpaired) electrons. The van der Waals surface area contributed by atoms with Crippen molar-refractivity contribution in [3.05, 3.63) is 96.3 Å². The SMILES string of the molecule is CCOC(=O)[C@H](c1ccccc1)[C@@H](Nc1ccccc1)c1ccccn1. The normalized spacial score (nSPS) is 12.8. The van der Waals surface area contributed by atoms with E-state index in [1.54, 1.807) is 6.20 Å². The molecule has 1 N–H and O–H groups in total. The van der Waals surface area contributed by atoms with E-state index in [1.165, 1.54) is 0 Å². The first-order valence-electron chi connectivity index (χ1n) is 8.73. The van der Waals surface area contributed by atoms with Crippen molar-refractivity contribution in [2.45, 2.75) is 18.9 Å². The van der Waals surface area contributed by atoms with Crippen molar-refractivity contribution in [3.8, 4) is 0 Å². The van der Waals surface area contributed by atoms with Gasteiger partial charge in [-0.2, -0.15) is 0 Å². The second kappa shape index (κ2) is 8.81. The molecule has 2 atom stereocenters. The van der Waals surface area contributed by atoms with Gasteiger partial charge in [-0.05, 0) is 36.8 Å². The van der Waals surface area contributed by atoms with Gasteiger partial charge in [0.25, 0.3) is 0 Å². The van der Waals surface area contributed by atoms with Crippen LogP contribution in [-0.4, -0.2) is 17.6 Å². The summed E-state index contributed by atoms with van der Waals surface area (Å²) in [5.74, 6) is -0.774. The molecule has 0 amide bonds. The lowest BCUT2D eigenvalue weighted by molar-refractivity contribution is -0.145. The summed E-state index contributed by atoms with van der Waals surface area (Å²) >= 11 is 0. The van der Waals surface area contributed by atoms with Gasteiger partial charge in [0.15, 0.2) is 0 Å². The number of para-hydroxylation sites is 1. The fourth-order valence-corrected chi connectivity index (χ4v) is 2.96. The fourth-order valence-electron chi connectivity index (χ4n) is 2.96. The molecule has 0 fully saturated rings. The van der Waals surface area contributed by atoms with E-state index in [4.69, 9.17) is 4.74 Å². The summed E-state index contributed by atoms with van der Waals surface area (Å²) in [5, 5.41) is 3.47. The molecule has 0 saturated heterocycles. The lowest BCUT2D eigenvalue weighted by Crippen LogP contribution is -2.28. The molecule has 26 heavy (non-hydrogen) atoms. The quantitative estimate of drug-likeness (QED) is 0.636. The second-order valence-corrected chi connectivity index (χ2v) is 5.88. The lowest BCUT2D eigenvalue weighted by atomic mass is 9.88. The number of pyridine rings is 1. The molecule has 3 rings (SSSR count). The number of ether oxygens (including phenoxy) is 1. The lowest BCUT2D eigenvalue weighted by Gasteiger charge is -2.27. The number of benzene rings is 2. The zero-order valence-electron chi connectivity index (χ0n) is 14.7. The van der Waals surface area contributed by atoms with Crippen molar-refractivity contribution in [2.24, 2.45) is 0 Å². The summed E-state index contributed by atoms with van der Waals surface area (Å²) in [6, 6.07) is 24.9. The Bertz CT molecular complexity index is 807. The van der Waals surface area contributed by atoms with Gasteiger partial charge in [0.05, 0.1) is 18.3 Å². The highest BCUT2D eigenvalue weighted by atomic mass is 16.5. The predicted octanol–water partition coefficient (Wildman–Crippen LogP) is 4.58. The molecule has 0 aliphatic rings. The Hall–Kier alpha value is -3.14. The van der Waals surface area contributed by atoms with Crippen LogP contribution in [-0.2, 0) is 9.53 Å². The maximum absolute atomic E-state index is 12.9. The van der Waals surface area contributed by atoms with Crippen molar-refractivity contribution >= 4 is 11.7 Å². The number of nitrogens with zero attached hydrogens (tertiary/aromatic N) is 1. The van der Waals surface area contributed by atoms with Crippen LogP contribution in [0.2, 0.25) is 0 Å². The van der Waals surface area contributed by atoms with E-state index in [2.05, 4.69) is 10.3 Å². The number of carbonyl (C=O) groups is 1. The highest BCUT2D eigenvalue weighted by Gasteiger charge is 2.33. The molecule has 3 aromatic rings. The van der Waals surface area contributed by atoms with Gasteiger partial charge in [-0.25, -0.2) is 0 Å². The standard InChI is InChI=1S/C22H22N2O2/c1-2-26-22(25)20(17-11-5-3-6-12-17)21(19-15-9-10-16-23-19)24-18-13-7-4-8-14-18/h3-16,20-21,24H,2H2,1H3/t20-,21+/m1/s1. The summed E-state index contributed by atoms with van der Waals surface area (Å²) in [6.45, 7) is 2.16. The third-order valence-electron chi connectivity index (χ3n) is 4.13. The van der Waals surface area contributed by atoms with Crippen molar-refractivity contribution < 1.29 is 9.53 Å². The minimum atomic E-state index is -0.508. The van der Waals surface area contributed by atoms with E-state index in [9.17, 15) is 4.79 Å². The third-order valence-corrected chi connectivity index (χ3v) is 4.13. The van der Waals surface area contributed by atoms with Crippen molar-refractivity contribution in [1.82, 2.24) is 4.98 Å². The maximum atomic E-state index is 12.9. The fraction of sp³-hybridized carbons (Fsp3) is 0.182. The molecule has 132 valence electrons. The minimum absolute atomic E-state index is 0.266. The number of rotatable bonds is 7. The van der Waals surface area contributed by atoms with Crippen LogP contribution in [0.3, 0.4) is 0 Å². The van der Waals surface area contributed by atoms with Crippen LogP contribution in [0.25, 0.3) is 0 Å². The molecule has 0 bridgehead atoms. The Kier molecular flexibility index (Phi) is 5.99. The number of hydrogen-bond donors (Lipinski definition) is 1. The summed E-state index contributed by atoms with van der Waals surface area (Å²) < 4.78 is 5.39. The summed E-state index contributed by atoms with van der Waals surface area (Å²) in [4.78, 5) is 17.4. The van der Waals surface area contributed by atoms with Gasteiger partial charge in [0.1, 0.15) is 5.92 Å². The zero-order valence-corrected chi connectivity index (χ0v) is 14.7. The van der Waals surface area contributed by atoms with Gasteiger partial charge in [-0.15, -0.1) is 0 Å². The first-order valence-corrected chi connectivity index (χ1v) is 8.73. The summed E-state index contributed by atoms with van der Waals surface area (Å²) in [5.41, 5.74) is 2.61. The van der Waals surface area contributed by atoms with Gasteiger partial charge in [0.2, 0.25) is 0 Å². The number of carbonyl (C=O) groups excluding carboxylic acids is 1. The van der Waals surface area contributed by atoms with Gasteiger partial charge >= 0.3 is 5.97 Å². The van der Waals surface area contributed by atoms with E-state index >= 15 is 0 Å². The van der Waals surface area contributed by atoms with Crippen LogP contribution in [0.4, 0.5) is 5.69 Å². The van der Waals surface area contributed by atoms with Crippen LogP contribution < -0.4 is 5.32 Å². The molecule has 0 saturated carbocycles. The summed E-state index contributed by atoms with van der Waals surface area (Å²) in [6.07, 6.45) is 1.74. The van der Waals surface area contributed by atoms with Crippen LogP contribution in [0.15, 0.2) is 85.1 Å². The number of nitrogens with one attached hydrogen (secondary N) is 1. The van der Waals surface area contributed by atoms with Gasteiger partial charge in [-0.1, -0.05) is 54.6 Å². The summed E-state index contributed by atoms with van der Waals surface area (Å²) in [7, 11) is 0. The predicted molar refractivity (Wildman–Crippen MR) is 103 cm³/mol. The van der Waals surface area contributed by atoms with E-state index in [-0.39, 0.29) is 12.0 Å². The molecule has 1 aromatic heterocycles. The molecule has 0 spiro atoms.